The van der Waals surface area contributed by atoms with Gasteiger partial charge in [-0.1, -0.05) is 0 Å². The molecular weight excluding hydrogens is 220 g/mol. The van der Waals surface area contributed by atoms with Crippen molar-refractivity contribution in [3.05, 3.63) is 0 Å². The van der Waals surface area contributed by atoms with E-state index in [9.17, 15) is 20.1 Å². The molecule has 0 aromatic carbocycles. The lowest BCUT2D eigenvalue weighted by Gasteiger charge is -2.34. The molecule has 1 fully saturated rings. The van der Waals surface area contributed by atoms with Crippen LogP contribution in [0.5, 0.6) is 0 Å². The zero-order chi connectivity index (χ0) is 12.3. The minimum absolute atomic E-state index is 0.0298. The monoisotopic (exact) mass is 236 g/mol. The first kappa shape index (κ1) is 13.3. The molecule has 16 heavy (non-hydrogen) atoms. The summed E-state index contributed by atoms with van der Waals surface area (Å²) in [6, 6.07) is 0. The number of ether oxygens (including phenoxy) is 1. The van der Waals surface area contributed by atoms with Gasteiger partial charge in [-0.25, -0.2) is 4.79 Å². The summed E-state index contributed by atoms with van der Waals surface area (Å²) < 4.78 is 5.02. The first-order valence-corrected chi connectivity index (χ1v) is 4.99. The molecular formula is C9H16O7. The maximum Gasteiger partial charge on any atom is 0.332 e. The topological polar surface area (TPSA) is 127 Å². The van der Waals surface area contributed by atoms with Crippen molar-refractivity contribution in [3.8, 4) is 0 Å². The summed E-state index contributed by atoms with van der Waals surface area (Å²) in [6.07, 6.45) is -5.94. The van der Waals surface area contributed by atoms with Crippen molar-refractivity contribution in [2.24, 2.45) is 0 Å². The molecule has 0 bridgehead atoms. The SMILES string of the molecule is O=C(O)[C@@H]1C[C@H](O)C[C@H]([C@H](O)[C@H](O)CO)O1. The Morgan fingerprint density at radius 1 is 1.38 bits per heavy atom. The van der Waals surface area contributed by atoms with Gasteiger partial charge in [-0.3, -0.25) is 0 Å². The highest BCUT2D eigenvalue weighted by molar-refractivity contribution is 5.72. The van der Waals surface area contributed by atoms with Crippen LogP contribution >= 0.6 is 0 Å². The Labute approximate surface area is 91.9 Å². The van der Waals surface area contributed by atoms with Crippen LogP contribution in [0.25, 0.3) is 0 Å². The van der Waals surface area contributed by atoms with Crippen LogP contribution in [-0.4, -0.2) is 68.6 Å². The third-order valence-corrected chi connectivity index (χ3v) is 2.57. The predicted octanol–water partition coefficient (Wildman–Crippen LogP) is -2.31. The molecule has 0 spiro atoms. The first-order chi connectivity index (χ1) is 7.45. The second-order valence-electron chi connectivity index (χ2n) is 3.87. The number of rotatable bonds is 4. The number of aliphatic carboxylic acids is 1. The lowest BCUT2D eigenvalue weighted by Crippen LogP contribution is -2.49. The minimum Gasteiger partial charge on any atom is -0.479 e. The summed E-state index contributed by atoms with van der Waals surface area (Å²) in [6.45, 7) is -0.658. The molecule has 1 rings (SSSR count). The Morgan fingerprint density at radius 3 is 2.50 bits per heavy atom. The summed E-state index contributed by atoms with van der Waals surface area (Å²) in [7, 11) is 0. The van der Waals surface area contributed by atoms with E-state index in [2.05, 4.69) is 0 Å². The zero-order valence-electron chi connectivity index (χ0n) is 8.56. The summed E-state index contributed by atoms with van der Waals surface area (Å²) in [5, 5.41) is 45.5. The number of carbonyl (C=O) groups is 1. The standard InChI is InChI=1S/C9H16O7/c10-3-5(12)8(13)6-1-4(11)2-7(16-6)9(14)15/h4-8,10-13H,1-3H2,(H,14,15)/t4-,5-,6-,7+,8-/m1/s1. The molecule has 0 saturated carbocycles. The van der Waals surface area contributed by atoms with E-state index in [1.54, 1.807) is 0 Å². The fraction of sp³-hybridized carbons (Fsp3) is 0.889. The molecule has 1 saturated heterocycles. The second-order valence-corrected chi connectivity index (χ2v) is 3.87. The Bertz CT molecular complexity index is 244. The second kappa shape index (κ2) is 5.55. The summed E-state index contributed by atoms with van der Waals surface area (Å²) in [5.74, 6) is -1.23. The van der Waals surface area contributed by atoms with Crippen LogP contribution in [0.15, 0.2) is 0 Å². The lowest BCUT2D eigenvalue weighted by molar-refractivity contribution is -0.186. The maximum atomic E-state index is 10.7. The van der Waals surface area contributed by atoms with Gasteiger partial charge >= 0.3 is 5.97 Å². The third kappa shape index (κ3) is 3.13. The number of aliphatic hydroxyl groups excluding tert-OH is 4. The number of carboxylic acid groups (broad SMARTS) is 1. The van der Waals surface area contributed by atoms with Crippen molar-refractivity contribution in [3.63, 3.8) is 0 Å². The summed E-state index contributed by atoms with van der Waals surface area (Å²) in [4.78, 5) is 10.7. The van der Waals surface area contributed by atoms with Crippen LogP contribution in [-0.2, 0) is 9.53 Å². The number of aliphatic hydroxyl groups is 4. The van der Waals surface area contributed by atoms with Gasteiger partial charge in [0.2, 0.25) is 0 Å². The Hall–Kier alpha value is -0.730. The summed E-state index contributed by atoms with van der Waals surface area (Å²) >= 11 is 0. The van der Waals surface area contributed by atoms with E-state index < -0.39 is 43.1 Å². The van der Waals surface area contributed by atoms with Crippen LogP contribution < -0.4 is 0 Å². The van der Waals surface area contributed by atoms with Crippen molar-refractivity contribution < 1.29 is 35.1 Å². The molecule has 7 nitrogen and oxygen atoms in total. The van der Waals surface area contributed by atoms with Crippen LogP contribution in [0.3, 0.4) is 0 Å². The Morgan fingerprint density at radius 2 is 2.00 bits per heavy atom. The van der Waals surface area contributed by atoms with Crippen LogP contribution in [0.2, 0.25) is 0 Å². The zero-order valence-corrected chi connectivity index (χ0v) is 8.56. The highest BCUT2D eigenvalue weighted by Crippen LogP contribution is 2.23. The molecule has 7 heteroatoms. The van der Waals surface area contributed by atoms with Crippen molar-refractivity contribution in [2.45, 2.75) is 43.4 Å². The average Bonchev–Trinajstić information content (AvgIpc) is 2.26. The highest BCUT2D eigenvalue weighted by atomic mass is 16.5. The minimum atomic E-state index is -1.42. The Kier molecular flexibility index (Phi) is 4.63. The molecule has 1 aliphatic heterocycles. The van der Waals surface area contributed by atoms with Gasteiger partial charge in [0.1, 0.15) is 12.2 Å². The van der Waals surface area contributed by atoms with Crippen molar-refractivity contribution in [1.82, 2.24) is 0 Å². The van der Waals surface area contributed by atoms with Crippen LogP contribution in [0.1, 0.15) is 12.8 Å². The lowest BCUT2D eigenvalue weighted by atomic mass is 9.95. The van der Waals surface area contributed by atoms with Gasteiger partial charge in [-0.15, -0.1) is 0 Å². The van der Waals surface area contributed by atoms with E-state index in [1.807, 2.05) is 0 Å². The molecule has 1 aliphatic rings. The van der Waals surface area contributed by atoms with Gasteiger partial charge in [0.05, 0.1) is 18.8 Å². The van der Waals surface area contributed by atoms with Crippen molar-refractivity contribution >= 4 is 5.97 Å². The van der Waals surface area contributed by atoms with E-state index in [-0.39, 0.29) is 12.8 Å². The molecule has 5 N–H and O–H groups in total. The molecule has 94 valence electrons. The van der Waals surface area contributed by atoms with E-state index in [1.165, 1.54) is 0 Å². The molecule has 0 aromatic rings. The Balaban J connectivity index is 2.63. The van der Waals surface area contributed by atoms with Crippen LogP contribution in [0.4, 0.5) is 0 Å². The molecule has 0 radical (unpaired) electrons. The number of carboxylic acids is 1. The van der Waals surface area contributed by atoms with E-state index >= 15 is 0 Å². The normalized spacial score (nSPS) is 34.4. The van der Waals surface area contributed by atoms with E-state index in [4.69, 9.17) is 14.9 Å². The highest BCUT2D eigenvalue weighted by Gasteiger charge is 2.38. The quantitative estimate of drug-likeness (QED) is 0.371. The summed E-state index contributed by atoms with van der Waals surface area (Å²) in [5.41, 5.74) is 0. The number of hydrogen-bond donors (Lipinski definition) is 5. The number of hydrogen-bond acceptors (Lipinski definition) is 6. The van der Waals surface area contributed by atoms with Gasteiger partial charge in [-0.2, -0.15) is 0 Å². The fourth-order valence-electron chi connectivity index (χ4n) is 1.67. The molecule has 5 atom stereocenters. The molecule has 1 heterocycles. The molecule has 0 unspecified atom stereocenters. The van der Waals surface area contributed by atoms with E-state index in [0.717, 1.165) is 0 Å². The van der Waals surface area contributed by atoms with Gasteiger partial charge < -0.3 is 30.3 Å². The van der Waals surface area contributed by atoms with Crippen molar-refractivity contribution in [1.29, 1.82) is 0 Å². The predicted molar refractivity (Wildman–Crippen MR) is 50.6 cm³/mol. The van der Waals surface area contributed by atoms with E-state index in [0.29, 0.717) is 0 Å². The molecule has 0 aliphatic carbocycles. The fourth-order valence-corrected chi connectivity index (χ4v) is 1.67. The third-order valence-electron chi connectivity index (χ3n) is 2.57. The first-order valence-electron chi connectivity index (χ1n) is 4.99. The van der Waals surface area contributed by atoms with Gasteiger partial charge in [-0.05, 0) is 0 Å². The molecule has 0 amide bonds. The van der Waals surface area contributed by atoms with Gasteiger partial charge in [0.25, 0.3) is 0 Å². The van der Waals surface area contributed by atoms with Crippen molar-refractivity contribution in [2.75, 3.05) is 6.61 Å². The smallest absolute Gasteiger partial charge is 0.332 e. The maximum absolute atomic E-state index is 10.7. The molecule has 0 aromatic heterocycles. The van der Waals surface area contributed by atoms with Gasteiger partial charge in [0.15, 0.2) is 6.10 Å². The largest absolute Gasteiger partial charge is 0.479 e. The van der Waals surface area contributed by atoms with Gasteiger partial charge in [0, 0.05) is 12.8 Å². The average molecular weight is 236 g/mol. The van der Waals surface area contributed by atoms with Crippen LogP contribution in [0, 0.1) is 0 Å².